The maximum Gasteiger partial charge on any atom is 0.246 e. The van der Waals surface area contributed by atoms with Crippen molar-refractivity contribution in [1.29, 1.82) is 0 Å². The van der Waals surface area contributed by atoms with Crippen LogP contribution in [0.2, 0.25) is 0 Å². The van der Waals surface area contributed by atoms with Gasteiger partial charge in [-0.15, -0.1) is 0 Å². The highest BCUT2D eigenvalue weighted by atomic mass is 16.5. The largest absolute Gasteiger partial charge is 0.396 e. The fourth-order valence-corrected chi connectivity index (χ4v) is 2.40. The van der Waals surface area contributed by atoms with E-state index >= 15 is 0 Å². The van der Waals surface area contributed by atoms with Crippen LogP contribution in [0, 0.1) is 11.8 Å². The van der Waals surface area contributed by atoms with E-state index in [1.165, 1.54) is 0 Å². The molecule has 0 bridgehead atoms. The van der Waals surface area contributed by atoms with E-state index in [0.29, 0.717) is 12.8 Å². The molecule has 0 aliphatic carbocycles. The van der Waals surface area contributed by atoms with E-state index in [1.54, 1.807) is 5.48 Å². The number of hydroxylamine groups is 1. The van der Waals surface area contributed by atoms with Crippen molar-refractivity contribution in [3.05, 3.63) is 18.2 Å². The second kappa shape index (κ2) is 7.25. The maximum atomic E-state index is 11.6. The van der Waals surface area contributed by atoms with E-state index in [-0.39, 0.29) is 18.4 Å². The van der Waals surface area contributed by atoms with Crippen molar-refractivity contribution in [2.75, 3.05) is 6.61 Å². The summed E-state index contributed by atoms with van der Waals surface area (Å²) >= 11 is 0. The number of hydrogen-bond acceptors (Lipinski definition) is 3. The number of nitrogens with zero attached hydrogens (tertiary/aromatic N) is 2. The Morgan fingerprint density at radius 3 is 2.63 bits per heavy atom. The van der Waals surface area contributed by atoms with Gasteiger partial charge in [0.05, 0.1) is 13.6 Å². The quantitative estimate of drug-likeness (QED) is 0.371. The highest BCUT2D eigenvalue weighted by Gasteiger charge is 2.28. The van der Waals surface area contributed by atoms with E-state index in [1.807, 2.05) is 31.1 Å². The summed E-state index contributed by atoms with van der Waals surface area (Å²) in [5, 5.41) is 18.3. The molecule has 1 amide bonds. The molecule has 0 spiro atoms. The Balaban J connectivity index is 2.85. The number of nitrogens with one attached hydrogen (secondary N) is 1. The van der Waals surface area contributed by atoms with Gasteiger partial charge >= 0.3 is 0 Å². The van der Waals surface area contributed by atoms with Crippen LogP contribution in [0.15, 0.2) is 12.5 Å². The van der Waals surface area contributed by atoms with Crippen molar-refractivity contribution in [1.82, 2.24) is 10.0 Å². The number of carbonyl (C=O) groups excluding carboxylic acids is 1. The highest BCUT2D eigenvalue weighted by Crippen LogP contribution is 2.20. The molecule has 108 valence electrons. The highest BCUT2D eigenvalue weighted by molar-refractivity contribution is 5.77. The van der Waals surface area contributed by atoms with Gasteiger partial charge in [-0.1, -0.05) is 6.92 Å². The first-order valence-corrected chi connectivity index (χ1v) is 6.66. The van der Waals surface area contributed by atoms with Gasteiger partial charge in [-0.05, 0) is 13.3 Å². The van der Waals surface area contributed by atoms with Gasteiger partial charge in [-0.3, -0.25) is 10.0 Å². The van der Waals surface area contributed by atoms with Gasteiger partial charge in [0.2, 0.25) is 12.2 Å². The Kier molecular flexibility index (Phi) is 5.98. The molecule has 0 saturated carbocycles. The summed E-state index contributed by atoms with van der Waals surface area (Å²) in [6, 6.07) is 0. The molecule has 19 heavy (non-hydrogen) atoms. The molecule has 0 aromatic carbocycles. The summed E-state index contributed by atoms with van der Waals surface area (Å²) in [5.74, 6) is -1.02. The first-order chi connectivity index (χ1) is 9.07. The van der Waals surface area contributed by atoms with Crippen LogP contribution < -0.4 is 10.0 Å². The number of rotatable bonds is 7. The standard InChI is InChI=1S/C13H23N3O3/c1-4-12(13(18)14-19)10(8-17)6-11-7-16(5-2)9-15(11)3/h7,9-10,12,17H,4-6,8H2,1-3H3,(H-,14,18,19)/p+1. The van der Waals surface area contributed by atoms with E-state index in [9.17, 15) is 9.90 Å². The molecule has 0 fully saturated rings. The zero-order chi connectivity index (χ0) is 14.4. The van der Waals surface area contributed by atoms with Crippen molar-refractivity contribution < 1.29 is 19.7 Å². The Morgan fingerprint density at radius 2 is 2.21 bits per heavy atom. The molecule has 1 rings (SSSR count). The van der Waals surface area contributed by atoms with Gasteiger partial charge in [-0.25, -0.2) is 14.6 Å². The Hall–Kier alpha value is -1.40. The lowest BCUT2D eigenvalue weighted by molar-refractivity contribution is -0.693. The van der Waals surface area contributed by atoms with Crippen molar-refractivity contribution in [3.8, 4) is 0 Å². The molecule has 2 atom stereocenters. The minimum absolute atomic E-state index is 0.0801. The lowest BCUT2D eigenvalue weighted by Crippen LogP contribution is -2.35. The monoisotopic (exact) mass is 270 g/mol. The molecule has 1 heterocycles. The summed E-state index contributed by atoms with van der Waals surface area (Å²) in [6.07, 6.45) is 5.19. The topological polar surface area (TPSA) is 78.4 Å². The second-order valence-electron chi connectivity index (χ2n) is 4.81. The fraction of sp³-hybridized carbons (Fsp3) is 0.692. The van der Waals surface area contributed by atoms with Crippen LogP contribution in [0.3, 0.4) is 0 Å². The van der Waals surface area contributed by atoms with Crippen molar-refractivity contribution in [3.63, 3.8) is 0 Å². The summed E-state index contributed by atoms with van der Waals surface area (Å²) in [4.78, 5) is 11.6. The lowest BCUT2D eigenvalue weighted by Gasteiger charge is -2.21. The average Bonchev–Trinajstić information content (AvgIpc) is 2.78. The first-order valence-electron chi connectivity index (χ1n) is 6.66. The molecule has 2 unspecified atom stereocenters. The summed E-state index contributed by atoms with van der Waals surface area (Å²) in [7, 11) is 1.95. The third kappa shape index (κ3) is 3.78. The lowest BCUT2D eigenvalue weighted by atomic mass is 9.86. The predicted molar refractivity (Wildman–Crippen MR) is 69.3 cm³/mol. The van der Waals surface area contributed by atoms with E-state index in [0.717, 1.165) is 12.2 Å². The smallest absolute Gasteiger partial charge is 0.246 e. The predicted octanol–water partition coefficient (Wildman–Crippen LogP) is 0.0151. The molecule has 0 radical (unpaired) electrons. The van der Waals surface area contributed by atoms with Crippen LogP contribution in [-0.2, 0) is 24.8 Å². The first kappa shape index (κ1) is 15.7. The second-order valence-corrected chi connectivity index (χ2v) is 4.81. The molecule has 3 N–H and O–H groups in total. The minimum atomic E-state index is -0.431. The molecular weight excluding hydrogens is 246 g/mol. The summed E-state index contributed by atoms with van der Waals surface area (Å²) in [5.41, 5.74) is 2.75. The molecule has 0 aliphatic rings. The van der Waals surface area contributed by atoms with Crippen LogP contribution in [-0.4, -0.2) is 27.4 Å². The fourth-order valence-electron chi connectivity index (χ4n) is 2.40. The number of aliphatic hydroxyl groups is 1. The summed E-state index contributed by atoms with van der Waals surface area (Å²) in [6.45, 7) is 4.73. The van der Waals surface area contributed by atoms with Gasteiger partial charge in [0.15, 0.2) is 0 Å². The molecule has 0 saturated heterocycles. The van der Waals surface area contributed by atoms with Crippen LogP contribution in [0.25, 0.3) is 0 Å². The number of carbonyl (C=O) groups is 1. The molecule has 6 heteroatoms. The number of aliphatic hydroxyl groups excluding tert-OH is 1. The van der Waals surface area contributed by atoms with Gasteiger partial charge in [0, 0.05) is 24.9 Å². The molecule has 1 aromatic heterocycles. The van der Waals surface area contributed by atoms with Crippen LogP contribution in [0.4, 0.5) is 0 Å². The minimum Gasteiger partial charge on any atom is -0.396 e. The van der Waals surface area contributed by atoms with Crippen LogP contribution >= 0.6 is 0 Å². The van der Waals surface area contributed by atoms with Gasteiger partial charge in [0.1, 0.15) is 11.9 Å². The van der Waals surface area contributed by atoms with Crippen molar-refractivity contribution in [2.45, 2.75) is 33.2 Å². The van der Waals surface area contributed by atoms with E-state index < -0.39 is 5.91 Å². The number of aryl methyl sites for hydroxylation is 2. The van der Waals surface area contributed by atoms with Crippen LogP contribution in [0.5, 0.6) is 0 Å². The number of imidazole rings is 1. The SMILES string of the molecule is CCC(C(=O)NO)C(CO)Cc1c[n+](CC)cn1C. The van der Waals surface area contributed by atoms with Crippen molar-refractivity contribution in [2.24, 2.45) is 18.9 Å². The molecule has 6 nitrogen and oxygen atoms in total. The van der Waals surface area contributed by atoms with Gasteiger partial charge < -0.3 is 5.11 Å². The van der Waals surface area contributed by atoms with Crippen molar-refractivity contribution >= 4 is 5.91 Å². The molecule has 0 aliphatic heterocycles. The Morgan fingerprint density at radius 1 is 1.53 bits per heavy atom. The number of aromatic nitrogens is 2. The van der Waals surface area contributed by atoms with Gasteiger partial charge in [0.25, 0.3) is 0 Å². The molecular formula is C13H24N3O3+. The van der Waals surface area contributed by atoms with E-state index in [4.69, 9.17) is 5.21 Å². The maximum absolute atomic E-state index is 11.6. The molecule has 1 aromatic rings. The third-order valence-electron chi connectivity index (χ3n) is 3.62. The van der Waals surface area contributed by atoms with E-state index in [2.05, 4.69) is 11.5 Å². The van der Waals surface area contributed by atoms with Gasteiger partial charge in [-0.2, -0.15) is 0 Å². The third-order valence-corrected chi connectivity index (χ3v) is 3.62. The summed E-state index contributed by atoms with van der Waals surface area (Å²) < 4.78 is 4.05. The van der Waals surface area contributed by atoms with Crippen LogP contribution in [0.1, 0.15) is 26.0 Å². The number of hydrogen-bond donors (Lipinski definition) is 3. The normalized spacial score (nSPS) is 14.2. The zero-order valence-corrected chi connectivity index (χ0v) is 11.8. The zero-order valence-electron chi connectivity index (χ0n) is 11.8. The Labute approximate surface area is 113 Å². The Bertz CT molecular complexity index is 417. The average molecular weight is 270 g/mol. The number of amides is 1.